The summed E-state index contributed by atoms with van der Waals surface area (Å²) in [5.41, 5.74) is 3.03. The highest BCUT2D eigenvalue weighted by Gasteiger charge is 2.18. The van der Waals surface area contributed by atoms with E-state index in [0.717, 1.165) is 33.4 Å². The van der Waals surface area contributed by atoms with Crippen molar-refractivity contribution >= 4 is 27.0 Å². The molecule has 0 radical (unpaired) electrons. The lowest BCUT2D eigenvalue weighted by Crippen LogP contribution is -2.16. The highest BCUT2D eigenvalue weighted by Crippen LogP contribution is 2.35. The molecule has 0 spiro atoms. The lowest BCUT2D eigenvalue weighted by molar-refractivity contribution is 0.225. The second-order valence-corrected chi connectivity index (χ2v) is 7.89. The van der Waals surface area contributed by atoms with Gasteiger partial charge in [-0.05, 0) is 58.1 Å². The van der Waals surface area contributed by atoms with Crippen molar-refractivity contribution in [2.75, 3.05) is 0 Å². The number of ether oxygens (including phenoxy) is 1. The molecule has 1 unspecified atom stereocenters. The van der Waals surface area contributed by atoms with E-state index in [4.69, 9.17) is 4.74 Å². The Morgan fingerprint density at radius 2 is 1.88 bits per heavy atom. The second kappa shape index (κ2) is 6.51. The number of nitrogens with zero attached hydrogens (tertiary/aromatic N) is 4. The molecule has 0 N–H and O–H groups in total. The van der Waals surface area contributed by atoms with E-state index in [1.54, 1.807) is 12.4 Å². The third-order valence-electron chi connectivity index (χ3n) is 3.69. The van der Waals surface area contributed by atoms with E-state index in [0.29, 0.717) is 0 Å². The minimum Gasteiger partial charge on any atom is -0.485 e. The minimum absolute atomic E-state index is 0.0774. The summed E-state index contributed by atoms with van der Waals surface area (Å²) in [7, 11) is 0. The molecule has 0 aliphatic rings. The molecule has 3 aromatic rings. The molecular weight excluding hydrogens is 368 g/mol. The monoisotopic (exact) mass is 388 g/mol. The van der Waals surface area contributed by atoms with Crippen LogP contribution in [0.4, 0.5) is 0 Å². The van der Waals surface area contributed by atoms with Gasteiger partial charge in [-0.1, -0.05) is 26.0 Å². The van der Waals surface area contributed by atoms with Crippen LogP contribution in [0.1, 0.15) is 39.4 Å². The lowest BCUT2D eigenvalue weighted by Gasteiger charge is -2.18. The molecule has 5 nitrogen and oxygen atoms in total. The van der Waals surface area contributed by atoms with Gasteiger partial charge in [-0.15, -0.1) is 5.10 Å². The molecule has 0 amide bonds. The maximum atomic E-state index is 6.10. The van der Waals surface area contributed by atoms with Gasteiger partial charge in [0.05, 0.1) is 9.99 Å². The summed E-state index contributed by atoms with van der Waals surface area (Å²) in [6.07, 6.45) is 3.46. The number of benzene rings is 1. The van der Waals surface area contributed by atoms with E-state index in [1.807, 2.05) is 35.9 Å². The molecule has 6 heteroatoms. The van der Waals surface area contributed by atoms with Crippen LogP contribution in [0, 0.1) is 5.41 Å². The van der Waals surface area contributed by atoms with E-state index in [1.165, 1.54) is 0 Å². The van der Waals surface area contributed by atoms with Gasteiger partial charge in [0.1, 0.15) is 17.4 Å². The Bertz CT molecular complexity index is 839. The van der Waals surface area contributed by atoms with Crippen LogP contribution in [-0.2, 0) is 6.54 Å². The Morgan fingerprint density at radius 1 is 1.17 bits per heavy atom. The highest BCUT2D eigenvalue weighted by molar-refractivity contribution is 9.10. The van der Waals surface area contributed by atoms with Crippen LogP contribution in [0.2, 0.25) is 0 Å². The predicted molar refractivity (Wildman–Crippen MR) is 98.0 cm³/mol. The van der Waals surface area contributed by atoms with Gasteiger partial charge in [0, 0.05) is 18.9 Å². The van der Waals surface area contributed by atoms with Crippen LogP contribution in [0.25, 0.3) is 11.0 Å². The van der Waals surface area contributed by atoms with Crippen LogP contribution >= 0.6 is 15.9 Å². The standard InChI is InChI=1S/C18H21BrN4O/c1-12(13-7-9-20-10-8-13)24-15-6-5-14-17(16(15)19)21-22-23(14)11-18(2,3)4/h5-10,12H,11H2,1-4H3. The minimum atomic E-state index is -0.0774. The lowest BCUT2D eigenvalue weighted by atomic mass is 9.97. The summed E-state index contributed by atoms with van der Waals surface area (Å²) in [5, 5.41) is 8.61. The topological polar surface area (TPSA) is 52.8 Å². The van der Waals surface area contributed by atoms with Gasteiger partial charge in [-0.3, -0.25) is 4.98 Å². The van der Waals surface area contributed by atoms with Crippen molar-refractivity contribution in [2.24, 2.45) is 5.41 Å². The number of halogens is 1. The molecular formula is C18H21BrN4O. The summed E-state index contributed by atoms with van der Waals surface area (Å²) in [5.74, 6) is 0.759. The molecule has 0 fully saturated rings. The first-order valence-corrected chi connectivity index (χ1v) is 8.73. The summed E-state index contributed by atoms with van der Waals surface area (Å²) in [6, 6.07) is 7.89. The average molecular weight is 389 g/mol. The van der Waals surface area contributed by atoms with Gasteiger partial charge in [0.15, 0.2) is 0 Å². The van der Waals surface area contributed by atoms with E-state index in [9.17, 15) is 0 Å². The molecule has 126 valence electrons. The Hall–Kier alpha value is -1.95. The fourth-order valence-corrected chi connectivity index (χ4v) is 3.04. The largest absolute Gasteiger partial charge is 0.485 e. The smallest absolute Gasteiger partial charge is 0.136 e. The van der Waals surface area contributed by atoms with Crippen LogP contribution in [0.15, 0.2) is 41.1 Å². The summed E-state index contributed by atoms with van der Waals surface area (Å²) in [4.78, 5) is 4.04. The van der Waals surface area contributed by atoms with Crippen LogP contribution < -0.4 is 4.74 Å². The second-order valence-electron chi connectivity index (χ2n) is 7.09. The first-order valence-electron chi connectivity index (χ1n) is 7.93. The zero-order valence-corrected chi connectivity index (χ0v) is 15.9. The van der Waals surface area contributed by atoms with Gasteiger partial charge in [-0.2, -0.15) is 0 Å². The number of rotatable bonds is 4. The van der Waals surface area contributed by atoms with Gasteiger partial charge in [0.2, 0.25) is 0 Å². The number of aromatic nitrogens is 4. The average Bonchev–Trinajstić information content (AvgIpc) is 2.92. The Kier molecular flexibility index (Phi) is 4.58. The molecule has 0 saturated carbocycles. The number of pyridine rings is 1. The molecule has 0 aliphatic heterocycles. The summed E-state index contributed by atoms with van der Waals surface area (Å²) in [6.45, 7) is 9.38. The molecule has 1 aromatic carbocycles. The van der Waals surface area contributed by atoms with Crippen LogP contribution in [-0.4, -0.2) is 20.0 Å². The van der Waals surface area contributed by atoms with Crippen molar-refractivity contribution < 1.29 is 4.74 Å². The SMILES string of the molecule is CC(Oc1ccc2c(nnn2CC(C)(C)C)c1Br)c1ccncc1. The van der Waals surface area contributed by atoms with E-state index < -0.39 is 0 Å². The Morgan fingerprint density at radius 3 is 2.54 bits per heavy atom. The van der Waals surface area contributed by atoms with Crippen molar-refractivity contribution in [1.29, 1.82) is 0 Å². The zero-order chi connectivity index (χ0) is 17.3. The maximum Gasteiger partial charge on any atom is 0.136 e. The van der Waals surface area contributed by atoms with Gasteiger partial charge in [-0.25, -0.2) is 4.68 Å². The predicted octanol–water partition coefficient (Wildman–Crippen LogP) is 4.77. The van der Waals surface area contributed by atoms with Crippen LogP contribution in [0.3, 0.4) is 0 Å². The summed E-state index contributed by atoms with van der Waals surface area (Å²) < 4.78 is 8.87. The fourth-order valence-electron chi connectivity index (χ4n) is 2.54. The van der Waals surface area contributed by atoms with Crippen molar-refractivity contribution in [1.82, 2.24) is 20.0 Å². The molecule has 2 aromatic heterocycles. The normalized spacial score (nSPS) is 13.2. The van der Waals surface area contributed by atoms with Gasteiger partial charge >= 0.3 is 0 Å². The molecule has 0 aliphatic carbocycles. The molecule has 1 atom stereocenters. The molecule has 3 rings (SSSR count). The molecule has 24 heavy (non-hydrogen) atoms. The van der Waals surface area contributed by atoms with E-state index >= 15 is 0 Å². The van der Waals surface area contributed by atoms with Gasteiger partial charge in [0.25, 0.3) is 0 Å². The quantitative estimate of drug-likeness (QED) is 0.645. The van der Waals surface area contributed by atoms with Crippen molar-refractivity contribution in [2.45, 2.75) is 40.3 Å². The molecule has 0 bridgehead atoms. The first kappa shape index (κ1) is 16.9. The fraction of sp³-hybridized carbons (Fsp3) is 0.389. The number of hydrogen-bond donors (Lipinski definition) is 0. The van der Waals surface area contributed by atoms with E-state index in [2.05, 4.69) is 52.0 Å². The first-order chi connectivity index (χ1) is 11.3. The Labute approximate surface area is 150 Å². The van der Waals surface area contributed by atoms with Crippen molar-refractivity contribution in [3.8, 4) is 5.75 Å². The summed E-state index contributed by atoms with van der Waals surface area (Å²) >= 11 is 3.62. The zero-order valence-electron chi connectivity index (χ0n) is 14.3. The third-order valence-corrected chi connectivity index (χ3v) is 4.46. The third kappa shape index (κ3) is 3.59. The van der Waals surface area contributed by atoms with Crippen molar-refractivity contribution in [3.05, 3.63) is 46.7 Å². The number of hydrogen-bond acceptors (Lipinski definition) is 4. The maximum absolute atomic E-state index is 6.10. The molecule has 0 saturated heterocycles. The highest BCUT2D eigenvalue weighted by atomic mass is 79.9. The Balaban J connectivity index is 1.89. The van der Waals surface area contributed by atoms with Crippen LogP contribution in [0.5, 0.6) is 5.75 Å². The number of fused-ring (bicyclic) bond motifs is 1. The van der Waals surface area contributed by atoms with E-state index in [-0.39, 0.29) is 11.5 Å². The van der Waals surface area contributed by atoms with Gasteiger partial charge < -0.3 is 4.74 Å². The van der Waals surface area contributed by atoms with Crippen molar-refractivity contribution in [3.63, 3.8) is 0 Å². The molecule has 2 heterocycles.